The molecule has 0 unspecified atom stereocenters. The summed E-state index contributed by atoms with van der Waals surface area (Å²) in [6.45, 7) is 7.18. The molecule has 0 aromatic carbocycles. The van der Waals surface area contributed by atoms with Gasteiger partial charge in [0.05, 0.1) is 5.69 Å². The molecule has 0 spiro atoms. The molecule has 21 heavy (non-hydrogen) atoms. The first-order valence-electron chi connectivity index (χ1n) is 7.30. The van der Waals surface area contributed by atoms with Crippen LogP contribution in [0.3, 0.4) is 0 Å². The summed E-state index contributed by atoms with van der Waals surface area (Å²) in [7, 11) is 2.08. The lowest BCUT2D eigenvalue weighted by molar-refractivity contribution is 0.201. The molecule has 0 amide bonds. The SMILES string of the molecule is CN(CCN1CCNCC1)Cc1cc(=O)n2ccsc2n1. The van der Waals surface area contributed by atoms with Crippen molar-refractivity contribution < 1.29 is 0 Å². The van der Waals surface area contributed by atoms with Gasteiger partial charge in [-0.05, 0) is 7.05 Å². The molecular weight excluding hydrogens is 286 g/mol. The van der Waals surface area contributed by atoms with Gasteiger partial charge in [-0.3, -0.25) is 19.0 Å². The van der Waals surface area contributed by atoms with Crippen LogP contribution in [0.5, 0.6) is 0 Å². The van der Waals surface area contributed by atoms with Gasteiger partial charge in [0.1, 0.15) is 0 Å². The highest BCUT2D eigenvalue weighted by Gasteiger charge is 2.11. The van der Waals surface area contributed by atoms with Gasteiger partial charge in [-0.25, -0.2) is 4.98 Å². The average Bonchev–Trinajstić information content (AvgIpc) is 2.95. The molecule has 6 nitrogen and oxygen atoms in total. The van der Waals surface area contributed by atoms with Crippen molar-refractivity contribution in [2.45, 2.75) is 6.54 Å². The van der Waals surface area contributed by atoms with Gasteiger partial charge in [0.2, 0.25) is 0 Å². The summed E-state index contributed by atoms with van der Waals surface area (Å²) in [6, 6.07) is 1.64. The molecule has 1 aliphatic rings. The van der Waals surface area contributed by atoms with E-state index in [4.69, 9.17) is 0 Å². The third-order valence-corrected chi connectivity index (χ3v) is 4.55. The molecule has 2 aromatic rings. The molecule has 3 rings (SSSR count). The summed E-state index contributed by atoms with van der Waals surface area (Å²) >= 11 is 1.50. The molecule has 114 valence electrons. The van der Waals surface area contributed by atoms with Gasteiger partial charge in [-0.2, -0.15) is 0 Å². The first-order valence-corrected chi connectivity index (χ1v) is 8.18. The van der Waals surface area contributed by atoms with Crippen LogP contribution in [-0.2, 0) is 6.54 Å². The molecular formula is C14H21N5OS. The van der Waals surface area contributed by atoms with Crippen LogP contribution in [0.25, 0.3) is 4.96 Å². The van der Waals surface area contributed by atoms with E-state index >= 15 is 0 Å². The van der Waals surface area contributed by atoms with E-state index in [1.807, 2.05) is 5.38 Å². The molecule has 1 fully saturated rings. The Hall–Kier alpha value is -1.28. The monoisotopic (exact) mass is 307 g/mol. The second-order valence-electron chi connectivity index (χ2n) is 5.47. The normalized spacial score (nSPS) is 16.9. The van der Waals surface area contributed by atoms with E-state index in [0.717, 1.165) is 56.5 Å². The minimum Gasteiger partial charge on any atom is -0.314 e. The summed E-state index contributed by atoms with van der Waals surface area (Å²) in [5.74, 6) is 0. The van der Waals surface area contributed by atoms with Gasteiger partial charge >= 0.3 is 0 Å². The molecule has 0 aliphatic carbocycles. The molecule has 1 aliphatic heterocycles. The van der Waals surface area contributed by atoms with Gasteiger partial charge < -0.3 is 5.32 Å². The molecule has 0 radical (unpaired) electrons. The summed E-state index contributed by atoms with van der Waals surface area (Å²) in [5, 5.41) is 5.25. The highest BCUT2D eigenvalue weighted by Crippen LogP contribution is 2.07. The van der Waals surface area contributed by atoms with E-state index < -0.39 is 0 Å². The number of piperazine rings is 1. The van der Waals surface area contributed by atoms with Gasteiger partial charge in [0.15, 0.2) is 4.96 Å². The number of rotatable bonds is 5. The van der Waals surface area contributed by atoms with E-state index in [9.17, 15) is 4.79 Å². The van der Waals surface area contributed by atoms with Crippen LogP contribution < -0.4 is 10.9 Å². The first kappa shape index (κ1) is 14.6. The standard InChI is InChI=1S/C14H21N5OS/c1-17(6-7-18-4-2-15-3-5-18)11-12-10-13(20)19-8-9-21-14(19)16-12/h8-10,15H,2-7,11H2,1H3. The fraction of sp³-hybridized carbons (Fsp3) is 0.571. The molecule has 1 saturated heterocycles. The number of likely N-dealkylation sites (N-methyl/N-ethyl adjacent to an activating group) is 1. The summed E-state index contributed by atoms with van der Waals surface area (Å²) < 4.78 is 1.59. The van der Waals surface area contributed by atoms with E-state index in [-0.39, 0.29) is 5.56 Å². The number of thiazole rings is 1. The molecule has 3 heterocycles. The fourth-order valence-corrected chi connectivity index (χ4v) is 3.31. The second kappa shape index (κ2) is 6.65. The Morgan fingerprint density at radius 3 is 3.05 bits per heavy atom. The third-order valence-electron chi connectivity index (χ3n) is 3.80. The Bertz CT molecular complexity index is 646. The summed E-state index contributed by atoms with van der Waals surface area (Å²) in [6.07, 6.45) is 1.77. The van der Waals surface area contributed by atoms with Crippen LogP contribution >= 0.6 is 11.3 Å². The van der Waals surface area contributed by atoms with Crippen molar-refractivity contribution >= 4 is 16.3 Å². The number of nitrogens with zero attached hydrogens (tertiary/aromatic N) is 4. The maximum Gasteiger partial charge on any atom is 0.258 e. The topological polar surface area (TPSA) is 52.9 Å². The van der Waals surface area contributed by atoms with Crippen LogP contribution in [0, 0.1) is 0 Å². The van der Waals surface area contributed by atoms with Crippen LogP contribution in [0.2, 0.25) is 0 Å². The predicted octanol–water partition coefficient (Wildman–Crippen LogP) is 0.0930. The minimum atomic E-state index is 0.00625. The number of hydrogen-bond donors (Lipinski definition) is 1. The Balaban J connectivity index is 1.57. The quantitative estimate of drug-likeness (QED) is 0.849. The van der Waals surface area contributed by atoms with Crippen molar-refractivity contribution in [2.24, 2.45) is 0 Å². The van der Waals surface area contributed by atoms with Gasteiger partial charge in [-0.15, -0.1) is 11.3 Å². The molecule has 0 saturated carbocycles. The number of aromatic nitrogens is 2. The highest BCUT2D eigenvalue weighted by molar-refractivity contribution is 7.15. The first-order chi connectivity index (χ1) is 10.2. The average molecular weight is 307 g/mol. The number of fused-ring (bicyclic) bond motifs is 1. The zero-order valence-electron chi connectivity index (χ0n) is 12.3. The van der Waals surface area contributed by atoms with Crippen molar-refractivity contribution in [3.8, 4) is 0 Å². The van der Waals surface area contributed by atoms with Crippen molar-refractivity contribution in [3.05, 3.63) is 33.7 Å². The smallest absolute Gasteiger partial charge is 0.258 e. The zero-order chi connectivity index (χ0) is 14.7. The highest BCUT2D eigenvalue weighted by atomic mass is 32.1. The minimum absolute atomic E-state index is 0.00625. The van der Waals surface area contributed by atoms with Gasteiger partial charge in [0.25, 0.3) is 5.56 Å². The second-order valence-corrected chi connectivity index (χ2v) is 6.34. The number of nitrogens with one attached hydrogen (secondary N) is 1. The lowest BCUT2D eigenvalue weighted by Crippen LogP contribution is -2.45. The third kappa shape index (κ3) is 3.68. The Morgan fingerprint density at radius 1 is 1.43 bits per heavy atom. The largest absolute Gasteiger partial charge is 0.314 e. The van der Waals surface area contributed by atoms with E-state index in [1.54, 1.807) is 16.7 Å². The van der Waals surface area contributed by atoms with Crippen LogP contribution in [0.4, 0.5) is 0 Å². The number of hydrogen-bond acceptors (Lipinski definition) is 6. The van der Waals surface area contributed by atoms with Crippen molar-refractivity contribution in [1.29, 1.82) is 0 Å². The maximum atomic E-state index is 11.9. The molecule has 0 bridgehead atoms. The van der Waals surface area contributed by atoms with Crippen molar-refractivity contribution in [2.75, 3.05) is 46.3 Å². The van der Waals surface area contributed by atoms with E-state index in [0.29, 0.717) is 0 Å². The summed E-state index contributed by atoms with van der Waals surface area (Å²) in [5.41, 5.74) is 0.858. The molecule has 0 atom stereocenters. The zero-order valence-corrected chi connectivity index (χ0v) is 13.1. The van der Waals surface area contributed by atoms with E-state index in [2.05, 4.69) is 27.1 Å². The van der Waals surface area contributed by atoms with Crippen molar-refractivity contribution in [3.63, 3.8) is 0 Å². The van der Waals surface area contributed by atoms with Crippen LogP contribution in [-0.4, -0.2) is 65.5 Å². The fourth-order valence-electron chi connectivity index (χ4n) is 2.57. The summed E-state index contributed by atoms with van der Waals surface area (Å²) in [4.78, 5) is 22.0. The lowest BCUT2D eigenvalue weighted by atomic mass is 10.3. The van der Waals surface area contributed by atoms with Crippen LogP contribution in [0.1, 0.15) is 5.69 Å². The molecule has 7 heteroatoms. The lowest BCUT2D eigenvalue weighted by Gasteiger charge is -2.29. The Kier molecular flexibility index (Phi) is 4.64. The maximum absolute atomic E-state index is 11.9. The van der Waals surface area contributed by atoms with E-state index in [1.165, 1.54) is 11.3 Å². The Labute approximate surface area is 128 Å². The Morgan fingerprint density at radius 2 is 2.24 bits per heavy atom. The van der Waals surface area contributed by atoms with Crippen LogP contribution in [0.15, 0.2) is 22.4 Å². The predicted molar refractivity (Wildman–Crippen MR) is 85.0 cm³/mol. The van der Waals surface area contributed by atoms with Gasteiger partial charge in [0, 0.05) is 63.5 Å². The van der Waals surface area contributed by atoms with Crippen molar-refractivity contribution in [1.82, 2.24) is 24.5 Å². The molecule has 1 N–H and O–H groups in total. The van der Waals surface area contributed by atoms with Gasteiger partial charge in [-0.1, -0.05) is 0 Å². The molecule has 2 aromatic heterocycles.